The van der Waals surface area contributed by atoms with Crippen LogP contribution in [0.3, 0.4) is 0 Å². The molecule has 2 aliphatic heterocycles. The van der Waals surface area contributed by atoms with Crippen molar-refractivity contribution in [1.29, 1.82) is 0 Å². The molecule has 5 nitrogen and oxygen atoms in total. The standard InChI is InChI=1S/C21H24BClN2O3/c1-21(2)17-9-6-14(12-18(17)22(27)28-21)24-20(26)16-8-7-15(13-19(16)23)25-10-4-3-5-11-25/h6-9,12-13,27H,3-5,10-11H2,1-2H3,(H,24,26). The van der Waals surface area contributed by atoms with Crippen molar-refractivity contribution in [2.75, 3.05) is 23.3 Å². The van der Waals surface area contributed by atoms with E-state index in [0.29, 0.717) is 21.7 Å². The van der Waals surface area contributed by atoms with E-state index in [9.17, 15) is 9.82 Å². The lowest BCUT2D eigenvalue weighted by Crippen LogP contribution is -2.29. The Kier molecular flexibility index (Phi) is 5.12. The van der Waals surface area contributed by atoms with Gasteiger partial charge in [0, 0.05) is 24.5 Å². The lowest BCUT2D eigenvalue weighted by atomic mass is 9.78. The Hall–Kier alpha value is -2.02. The molecule has 1 amide bonds. The molecule has 0 unspecified atom stereocenters. The van der Waals surface area contributed by atoms with Gasteiger partial charge in [0.25, 0.3) is 5.91 Å². The number of hydrogen-bond donors (Lipinski definition) is 2. The molecule has 0 aliphatic carbocycles. The zero-order chi connectivity index (χ0) is 19.9. The summed E-state index contributed by atoms with van der Waals surface area (Å²) in [4.78, 5) is 15.0. The van der Waals surface area contributed by atoms with E-state index in [1.165, 1.54) is 19.3 Å². The van der Waals surface area contributed by atoms with E-state index in [1.54, 1.807) is 12.1 Å². The summed E-state index contributed by atoms with van der Waals surface area (Å²) in [6, 6.07) is 11.0. The quantitative estimate of drug-likeness (QED) is 0.776. The van der Waals surface area contributed by atoms with E-state index in [4.69, 9.17) is 16.3 Å². The van der Waals surface area contributed by atoms with Crippen molar-refractivity contribution in [1.82, 2.24) is 0 Å². The van der Waals surface area contributed by atoms with Crippen molar-refractivity contribution in [2.45, 2.75) is 38.7 Å². The number of anilines is 2. The third kappa shape index (κ3) is 3.64. The molecule has 0 atom stereocenters. The number of halogens is 1. The topological polar surface area (TPSA) is 61.8 Å². The summed E-state index contributed by atoms with van der Waals surface area (Å²) >= 11 is 6.42. The van der Waals surface area contributed by atoms with Crippen LogP contribution in [0, 0.1) is 0 Å². The van der Waals surface area contributed by atoms with Crippen LogP contribution in [-0.2, 0) is 10.3 Å². The molecular weight excluding hydrogens is 375 g/mol. The fraction of sp³-hybridized carbons (Fsp3) is 0.381. The second-order valence-corrected chi connectivity index (χ2v) is 8.36. The Morgan fingerprint density at radius 2 is 1.93 bits per heavy atom. The molecule has 2 aliphatic rings. The molecule has 7 heteroatoms. The first-order chi connectivity index (χ1) is 13.3. The second-order valence-electron chi connectivity index (χ2n) is 7.95. The van der Waals surface area contributed by atoms with Gasteiger partial charge in [0.05, 0.1) is 16.2 Å². The fourth-order valence-electron chi connectivity index (χ4n) is 4.03. The summed E-state index contributed by atoms with van der Waals surface area (Å²) < 4.78 is 5.57. The van der Waals surface area contributed by atoms with E-state index in [0.717, 1.165) is 24.3 Å². The van der Waals surface area contributed by atoms with Crippen LogP contribution in [0.25, 0.3) is 0 Å². The number of nitrogens with one attached hydrogen (secondary N) is 1. The highest BCUT2D eigenvalue weighted by molar-refractivity contribution is 6.62. The van der Waals surface area contributed by atoms with E-state index in [2.05, 4.69) is 10.2 Å². The van der Waals surface area contributed by atoms with Crippen molar-refractivity contribution < 1.29 is 14.5 Å². The van der Waals surface area contributed by atoms with Crippen LogP contribution < -0.4 is 15.7 Å². The number of hydrogen-bond acceptors (Lipinski definition) is 4. The summed E-state index contributed by atoms with van der Waals surface area (Å²) in [5.41, 5.74) is 3.13. The Bertz CT molecular complexity index is 913. The first kappa shape index (κ1) is 19.3. The smallest absolute Gasteiger partial charge is 0.423 e. The van der Waals surface area contributed by atoms with Crippen LogP contribution in [0.15, 0.2) is 36.4 Å². The molecule has 0 saturated carbocycles. The predicted molar refractivity (Wildman–Crippen MR) is 114 cm³/mol. The monoisotopic (exact) mass is 398 g/mol. The number of amides is 1. The maximum atomic E-state index is 12.7. The number of nitrogens with zero attached hydrogens (tertiary/aromatic N) is 1. The summed E-state index contributed by atoms with van der Waals surface area (Å²) in [6.45, 7) is 5.86. The molecule has 2 aromatic rings. The highest BCUT2D eigenvalue weighted by atomic mass is 35.5. The van der Waals surface area contributed by atoms with Gasteiger partial charge in [-0.3, -0.25) is 4.79 Å². The SMILES string of the molecule is CC1(C)OB(O)c2cc(NC(=O)c3ccc(N4CCCCC4)cc3Cl)ccc21. The van der Waals surface area contributed by atoms with Crippen LogP contribution in [0.2, 0.25) is 5.02 Å². The largest absolute Gasteiger partial charge is 0.492 e. The van der Waals surface area contributed by atoms with Gasteiger partial charge in [0.15, 0.2) is 0 Å². The molecule has 0 aromatic heterocycles. The summed E-state index contributed by atoms with van der Waals surface area (Å²) in [5, 5.41) is 13.4. The summed E-state index contributed by atoms with van der Waals surface area (Å²) in [7, 11) is -0.991. The van der Waals surface area contributed by atoms with E-state index < -0.39 is 12.7 Å². The van der Waals surface area contributed by atoms with Gasteiger partial charge in [-0.25, -0.2) is 0 Å². The number of benzene rings is 2. The van der Waals surface area contributed by atoms with E-state index in [-0.39, 0.29) is 5.91 Å². The van der Waals surface area contributed by atoms with Crippen LogP contribution in [0.5, 0.6) is 0 Å². The Morgan fingerprint density at radius 1 is 1.18 bits per heavy atom. The molecular formula is C21H24BClN2O3. The molecule has 1 saturated heterocycles. The van der Waals surface area contributed by atoms with Crippen molar-refractivity contribution in [2.24, 2.45) is 0 Å². The van der Waals surface area contributed by atoms with Gasteiger partial charge in [-0.2, -0.15) is 0 Å². The molecule has 0 spiro atoms. The molecule has 4 rings (SSSR count). The van der Waals surface area contributed by atoms with Crippen LogP contribution >= 0.6 is 11.6 Å². The van der Waals surface area contributed by atoms with Crippen molar-refractivity contribution >= 4 is 41.5 Å². The van der Waals surface area contributed by atoms with Crippen molar-refractivity contribution in [3.05, 3.63) is 52.5 Å². The molecule has 0 radical (unpaired) electrons. The lowest BCUT2D eigenvalue weighted by molar-refractivity contribution is 0.101. The third-order valence-corrected chi connectivity index (χ3v) is 5.86. The zero-order valence-corrected chi connectivity index (χ0v) is 16.9. The summed E-state index contributed by atoms with van der Waals surface area (Å²) in [5.74, 6) is -0.275. The van der Waals surface area contributed by atoms with Gasteiger partial charge in [0.1, 0.15) is 0 Å². The average molecular weight is 399 g/mol. The number of rotatable bonds is 3. The highest BCUT2D eigenvalue weighted by Crippen LogP contribution is 2.31. The van der Waals surface area contributed by atoms with Gasteiger partial charge >= 0.3 is 7.12 Å². The predicted octanol–water partition coefficient (Wildman–Crippen LogP) is 3.54. The van der Waals surface area contributed by atoms with Gasteiger partial charge < -0.3 is 19.9 Å². The second kappa shape index (κ2) is 7.43. The summed E-state index contributed by atoms with van der Waals surface area (Å²) in [6.07, 6.45) is 3.64. The molecule has 2 N–H and O–H groups in total. The van der Waals surface area contributed by atoms with Gasteiger partial charge in [-0.15, -0.1) is 0 Å². The van der Waals surface area contributed by atoms with E-state index in [1.807, 2.05) is 38.1 Å². The molecule has 28 heavy (non-hydrogen) atoms. The minimum atomic E-state index is -0.991. The van der Waals surface area contributed by atoms with Crippen LogP contribution in [0.4, 0.5) is 11.4 Å². The number of carbonyl (C=O) groups is 1. The number of fused-ring (bicyclic) bond motifs is 1. The lowest BCUT2D eigenvalue weighted by Gasteiger charge is -2.29. The molecule has 2 aromatic carbocycles. The Labute approximate surface area is 170 Å². The number of carbonyl (C=O) groups excluding carboxylic acids is 1. The first-order valence-electron chi connectivity index (χ1n) is 9.71. The maximum Gasteiger partial charge on any atom is 0.492 e. The van der Waals surface area contributed by atoms with Crippen LogP contribution in [-0.4, -0.2) is 31.1 Å². The molecule has 0 bridgehead atoms. The number of piperidine rings is 1. The van der Waals surface area contributed by atoms with Crippen molar-refractivity contribution in [3.63, 3.8) is 0 Å². The van der Waals surface area contributed by atoms with Gasteiger partial charge in [-0.1, -0.05) is 17.7 Å². The first-order valence-corrected chi connectivity index (χ1v) is 10.1. The fourth-order valence-corrected chi connectivity index (χ4v) is 4.30. The minimum Gasteiger partial charge on any atom is -0.423 e. The van der Waals surface area contributed by atoms with Crippen LogP contribution in [0.1, 0.15) is 49.0 Å². The van der Waals surface area contributed by atoms with Gasteiger partial charge in [-0.05, 0) is 74.5 Å². The normalized spacial score (nSPS) is 18.1. The highest BCUT2D eigenvalue weighted by Gasteiger charge is 2.40. The molecule has 1 fully saturated rings. The minimum absolute atomic E-state index is 0.275. The van der Waals surface area contributed by atoms with Gasteiger partial charge in [0.2, 0.25) is 0 Å². The maximum absolute atomic E-state index is 12.7. The Morgan fingerprint density at radius 3 is 2.64 bits per heavy atom. The van der Waals surface area contributed by atoms with Crippen molar-refractivity contribution in [3.8, 4) is 0 Å². The zero-order valence-electron chi connectivity index (χ0n) is 16.2. The van der Waals surface area contributed by atoms with E-state index >= 15 is 0 Å². The molecule has 146 valence electrons. The Balaban J connectivity index is 1.52. The average Bonchev–Trinajstić information content (AvgIpc) is 2.90. The molecule has 2 heterocycles. The third-order valence-electron chi connectivity index (χ3n) is 5.55.